The minimum atomic E-state index is -0.228. The maximum absolute atomic E-state index is 12.9. The van der Waals surface area contributed by atoms with E-state index in [1.54, 1.807) is 0 Å². The van der Waals surface area contributed by atoms with Crippen molar-refractivity contribution >= 4 is 17.4 Å². The van der Waals surface area contributed by atoms with Crippen molar-refractivity contribution in [2.75, 3.05) is 0 Å². The van der Waals surface area contributed by atoms with Gasteiger partial charge in [-0.1, -0.05) is 69.7 Å². The smallest absolute Gasteiger partial charge is 0.251 e. The molecule has 0 aliphatic rings. The zero-order valence-electron chi connectivity index (χ0n) is 21.3. The summed E-state index contributed by atoms with van der Waals surface area (Å²) < 4.78 is 0. The number of hydrogen-bond donors (Lipinski definition) is 2. The van der Waals surface area contributed by atoms with E-state index in [1.165, 1.54) is 0 Å². The van der Waals surface area contributed by atoms with Crippen molar-refractivity contribution in [1.29, 1.82) is 5.41 Å². The summed E-state index contributed by atoms with van der Waals surface area (Å²) in [5.74, 6) is 0.467. The topological polar surface area (TPSA) is 70.0 Å². The lowest BCUT2D eigenvalue weighted by molar-refractivity contribution is -0.122. The summed E-state index contributed by atoms with van der Waals surface area (Å²) in [5.41, 5.74) is 4.10. The van der Waals surface area contributed by atoms with Crippen LogP contribution in [0.3, 0.4) is 0 Å². The summed E-state index contributed by atoms with van der Waals surface area (Å²) in [4.78, 5) is 25.8. The van der Waals surface area contributed by atoms with Crippen molar-refractivity contribution in [3.63, 3.8) is 0 Å². The highest BCUT2D eigenvalue weighted by Crippen LogP contribution is 2.40. The van der Waals surface area contributed by atoms with Crippen molar-refractivity contribution < 1.29 is 9.59 Å². The van der Waals surface area contributed by atoms with Gasteiger partial charge in [-0.2, -0.15) is 0 Å². The summed E-state index contributed by atoms with van der Waals surface area (Å²) in [7, 11) is 0. The molecule has 2 rings (SSSR count). The molecule has 178 valence electrons. The Bertz CT molecular complexity index is 980. The number of hydrogen-bond acceptors (Lipinski definition) is 3. The second-order valence-electron chi connectivity index (χ2n) is 10.1. The number of nitrogens with one attached hydrogen (secondary N) is 2. The van der Waals surface area contributed by atoms with E-state index in [1.807, 2.05) is 63.2 Å². The van der Waals surface area contributed by atoms with Crippen LogP contribution in [0.15, 0.2) is 48.5 Å². The maximum Gasteiger partial charge on any atom is 0.251 e. The largest absolute Gasteiger partial charge is 0.346 e. The van der Waals surface area contributed by atoms with Gasteiger partial charge in [-0.3, -0.25) is 9.59 Å². The van der Waals surface area contributed by atoms with Crippen LogP contribution in [0.25, 0.3) is 0 Å². The van der Waals surface area contributed by atoms with E-state index in [-0.39, 0.29) is 29.1 Å². The first-order valence-electron chi connectivity index (χ1n) is 12.0. The maximum atomic E-state index is 12.9. The summed E-state index contributed by atoms with van der Waals surface area (Å²) in [6.45, 7) is 14.2. The van der Waals surface area contributed by atoms with Gasteiger partial charge < -0.3 is 10.7 Å². The number of aryl methyl sites for hydroxylation is 2. The first kappa shape index (κ1) is 26.5. The van der Waals surface area contributed by atoms with Crippen molar-refractivity contribution in [3.05, 3.63) is 70.8 Å². The van der Waals surface area contributed by atoms with Gasteiger partial charge in [0.2, 0.25) is 0 Å². The van der Waals surface area contributed by atoms with Crippen LogP contribution in [0.2, 0.25) is 0 Å². The molecule has 0 aromatic heterocycles. The van der Waals surface area contributed by atoms with E-state index < -0.39 is 0 Å². The van der Waals surface area contributed by atoms with Gasteiger partial charge in [-0.05, 0) is 67.7 Å². The third kappa shape index (κ3) is 7.12. The van der Waals surface area contributed by atoms with E-state index in [4.69, 9.17) is 5.41 Å². The van der Waals surface area contributed by atoms with Gasteiger partial charge in [0, 0.05) is 24.1 Å². The van der Waals surface area contributed by atoms with Crippen molar-refractivity contribution in [2.45, 2.75) is 73.8 Å². The molecule has 0 saturated carbocycles. The molecule has 0 fully saturated rings. The summed E-state index contributed by atoms with van der Waals surface area (Å²) in [6.07, 6.45) is 1.52. The van der Waals surface area contributed by atoms with Gasteiger partial charge in [0.05, 0.1) is 6.04 Å². The fourth-order valence-electron chi connectivity index (χ4n) is 4.39. The Kier molecular flexibility index (Phi) is 9.16. The van der Waals surface area contributed by atoms with Gasteiger partial charge in [-0.25, -0.2) is 0 Å². The lowest BCUT2D eigenvalue weighted by Crippen LogP contribution is -2.37. The van der Waals surface area contributed by atoms with Crippen molar-refractivity contribution in [2.24, 2.45) is 17.3 Å². The highest BCUT2D eigenvalue weighted by Gasteiger charge is 2.37. The molecule has 0 aliphatic heterocycles. The SMILES string of the molecule is CC(=N)C(C)[C@@](C)(CC(=O)CCc1cc(C)cc(C(=O)NC(C)c2ccccc2)c1)C(C)C. The molecule has 0 spiro atoms. The standard InChI is InChI=1S/C29H40N2O2/c1-19(2)29(7,21(4)22(5)30)18-27(32)14-13-24-15-20(3)16-26(17-24)28(33)31-23(6)25-11-9-8-10-12-25/h8-12,15-17,19,21,23,30H,13-14,18H2,1-7H3,(H,31,33)/t21?,23?,29-/m0/s1. The van der Waals surface area contributed by atoms with E-state index in [0.29, 0.717) is 36.5 Å². The number of ketones is 1. The number of rotatable bonds is 11. The molecule has 1 amide bonds. The summed E-state index contributed by atoms with van der Waals surface area (Å²) >= 11 is 0. The molecular weight excluding hydrogens is 408 g/mol. The van der Waals surface area contributed by atoms with Crippen LogP contribution < -0.4 is 5.32 Å². The molecule has 33 heavy (non-hydrogen) atoms. The third-order valence-electron chi connectivity index (χ3n) is 7.27. The molecule has 2 N–H and O–H groups in total. The number of amides is 1. The van der Waals surface area contributed by atoms with Crippen molar-refractivity contribution in [3.8, 4) is 0 Å². The predicted molar refractivity (Wildman–Crippen MR) is 137 cm³/mol. The lowest BCUT2D eigenvalue weighted by atomic mass is 9.65. The van der Waals surface area contributed by atoms with Gasteiger partial charge in [0.15, 0.2) is 0 Å². The van der Waals surface area contributed by atoms with E-state index >= 15 is 0 Å². The summed E-state index contributed by atoms with van der Waals surface area (Å²) in [6, 6.07) is 15.7. The Hall–Kier alpha value is -2.75. The van der Waals surface area contributed by atoms with Gasteiger partial charge >= 0.3 is 0 Å². The average Bonchev–Trinajstić information content (AvgIpc) is 2.77. The number of carbonyl (C=O) groups excluding carboxylic acids is 2. The van der Waals surface area contributed by atoms with Crippen LogP contribution >= 0.6 is 0 Å². The molecule has 2 aromatic carbocycles. The first-order chi connectivity index (χ1) is 15.4. The summed E-state index contributed by atoms with van der Waals surface area (Å²) in [5, 5.41) is 11.1. The third-order valence-corrected chi connectivity index (χ3v) is 7.27. The van der Waals surface area contributed by atoms with E-state index in [9.17, 15) is 9.59 Å². The van der Waals surface area contributed by atoms with Crippen LogP contribution in [0.5, 0.6) is 0 Å². The molecule has 2 unspecified atom stereocenters. The molecule has 4 heteroatoms. The minimum absolute atomic E-state index is 0.0577. The quantitative estimate of drug-likeness (QED) is 0.375. The molecule has 0 saturated heterocycles. The Balaban J connectivity index is 2.06. The van der Waals surface area contributed by atoms with Gasteiger partial charge in [0.1, 0.15) is 5.78 Å². The molecule has 4 nitrogen and oxygen atoms in total. The molecule has 2 aromatic rings. The zero-order chi connectivity index (χ0) is 24.8. The van der Waals surface area contributed by atoms with Crippen LogP contribution in [-0.4, -0.2) is 17.4 Å². The Morgan fingerprint density at radius 3 is 2.24 bits per heavy atom. The first-order valence-corrected chi connectivity index (χ1v) is 12.0. The second-order valence-corrected chi connectivity index (χ2v) is 10.1. The molecule has 0 heterocycles. The molecule has 0 aliphatic carbocycles. The average molecular weight is 449 g/mol. The predicted octanol–water partition coefficient (Wildman–Crippen LogP) is 6.72. The monoisotopic (exact) mass is 448 g/mol. The Labute approximate surface area is 199 Å². The minimum Gasteiger partial charge on any atom is -0.346 e. The Morgan fingerprint density at radius 1 is 1.03 bits per heavy atom. The van der Waals surface area contributed by atoms with Crippen molar-refractivity contribution in [1.82, 2.24) is 5.32 Å². The van der Waals surface area contributed by atoms with E-state index in [2.05, 4.69) is 39.1 Å². The molecule has 3 atom stereocenters. The van der Waals surface area contributed by atoms with Crippen LogP contribution in [-0.2, 0) is 11.2 Å². The fraction of sp³-hybridized carbons (Fsp3) is 0.483. The zero-order valence-corrected chi connectivity index (χ0v) is 21.3. The molecule has 0 bridgehead atoms. The highest BCUT2D eigenvalue weighted by molar-refractivity contribution is 5.95. The van der Waals surface area contributed by atoms with E-state index in [0.717, 1.165) is 16.7 Å². The second kappa shape index (κ2) is 11.4. The number of benzene rings is 2. The molecule has 0 radical (unpaired) electrons. The molecular formula is C29H40N2O2. The Morgan fingerprint density at radius 2 is 1.67 bits per heavy atom. The van der Waals surface area contributed by atoms with Crippen LogP contribution in [0.1, 0.15) is 87.5 Å². The van der Waals surface area contributed by atoms with Gasteiger partial charge in [0.25, 0.3) is 5.91 Å². The number of Topliss-reactive ketones (excluding diaryl/α,β-unsaturated/α-hetero) is 1. The normalized spacial score (nSPS) is 14.9. The lowest BCUT2D eigenvalue weighted by Gasteiger charge is -2.39. The fourth-order valence-corrected chi connectivity index (χ4v) is 4.39. The number of carbonyl (C=O) groups is 2. The highest BCUT2D eigenvalue weighted by atomic mass is 16.1. The van der Waals surface area contributed by atoms with Crippen LogP contribution in [0, 0.1) is 29.6 Å². The van der Waals surface area contributed by atoms with Crippen LogP contribution in [0.4, 0.5) is 0 Å². The van der Waals surface area contributed by atoms with Gasteiger partial charge in [-0.15, -0.1) is 0 Å².